The molecule has 0 fully saturated rings. The Morgan fingerprint density at radius 2 is 2.00 bits per heavy atom. The van der Waals surface area contributed by atoms with Gasteiger partial charge in [0.2, 0.25) is 0 Å². The Morgan fingerprint density at radius 1 is 1.27 bits per heavy atom. The van der Waals surface area contributed by atoms with E-state index in [0.717, 1.165) is 18.1 Å². The third kappa shape index (κ3) is 2.07. The lowest BCUT2D eigenvalue weighted by Crippen LogP contribution is -2.06. The second-order valence-corrected chi connectivity index (χ2v) is 3.53. The van der Waals surface area contributed by atoms with E-state index in [1.54, 1.807) is 6.20 Å². The minimum Gasteiger partial charge on any atom is -0.390 e. The van der Waals surface area contributed by atoms with Gasteiger partial charge in [0.05, 0.1) is 18.5 Å². The number of benzene rings is 1. The van der Waals surface area contributed by atoms with Crippen molar-refractivity contribution in [2.45, 2.75) is 20.1 Å². The molecule has 0 atom stereocenters. The van der Waals surface area contributed by atoms with Crippen molar-refractivity contribution in [3.63, 3.8) is 0 Å². The van der Waals surface area contributed by atoms with Gasteiger partial charge in [0.1, 0.15) is 5.82 Å². The smallest absolute Gasteiger partial charge is 0.106 e. The molecule has 0 aliphatic carbocycles. The number of nitrogens with zero attached hydrogens (tertiary/aromatic N) is 2. The quantitative estimate of drug-likeness (QED) is 0.823. The van der Waals surface area contributed by atoms with Gasteiger partial charge < -0.3 is 9.67 Å². The topological polar surface area (TPSA) is 38.1 Å². The highest BCUT2D eigenvalue weighted by Gasteiger charge is 2.05. The number of aliphatic hydroxyl groups excluding tert-OH is 1. The summed E-state index contributed by atoms with van der Waals surface area (Å²) in [6.45, 7) is 2.75. The van der Waals surface area contributed by atoms with E-state index < -0.39 is 0 Å². The molecule has 2 rings (SSSR count). The molecule has 3 heteroatoms. The van der Waals surface area contributed by atoms with Crippen molar-refractivity contribution in [1.29, 1.82) is 0 Å². The fourth-order valence-corrected chi connectivity index (χ4v) is 1.62. The highest BCUT2D eigenvalue weighted by molar-refractivity contribution is 5.17. The fourth-order valence-electron chi connectivity index (χ4n) is 1.62. The van der Waals surface area contributed by atoms with Crippen LogP contribution in [0.15, 0.2) is 36.5 Å². The largest absolute Gasteiger partial charge is 0.390 e. The Morgan fingerprint density at radius 3 is 2.67 bits per heavy atom. The standard InChI is InChI=1S/C12H14N2O/c1-10-13-7-12(9-15)14(10)8-11-5-3-2-4-6-11/h2-7,15H,8-9H2,1H3. The summed E-state index contributed by atoms with van der Waals surface area (Å²) in [4.78, 5) is 4.19. The summed E-state index contributed by atoms with van der Waals surface area (Å²) in [7, 11) is 0. The number of hydrogen-bond acceptors (Lipinski definition) is 2. The van der Waals surface area contributed by atoms with E-state index in [1.807, 2.05) is 29.7 Å². The molecule has 0 aliphatic rings. The van der Waals surface area contributed by atoms with E-state index in [0.29, 0.717) is 0 Å². The van der Waals surface area contributed by atoms with Crippen LogP contribution in [0, 0.1) is 6.92 Å². The number of aromatic nitrogens is 2. The summed E-state index contributed by atoms with van der Waals surface area (Å²) in [6.07, 6.45) is 1.72. The molecule has 15 heavy (non-hydrogen) atoms. The molecule has 0 aliphatic heterocycles. The van der Waals surface area contributed by atoms with Gasteiger partial charge in [-0.1, -0.05) is 30.3 Å². The van der Waals surface area contributed by atoms with Gasteiger partial charge in [-0.2, -0.15) is 0 Å². The predicted octanol–water partition coefficient (Wildman–Crippen LogP) is 1.73. The van der Waals surface area contributed by atoms with Crippen LogP contribution in [0.5, 0.6) is 0 Å². The summed E-state index contributed by atoms with van der Waals surface area (Å²) >= 11 is 0. The average Bonchev–Trinajstić information content (AvgIpc) is 2.62. The molecule has 1 aromatic heterocycles. The van der Waals surface area contributed by atoms with Gasteiger partial charge in [-0.25, -0.2) is 4.98 Å². The van der Waals surface area contributed by atoms with Crippen LogP contribution >= 0.6 is 0 Å². The Kier molecular flexibility index (Phi) is 2.83. The Balaban J connectivity index is 2.27. The second-order valence-electron chi connectivity index (χ2n) is 3.53. The van der Waals surface area contributed by atoms with Crippen LogP contribution in [-0.2, 0) is 13.2 Å². The third-order valence-electron chi connectivity index (χ3n) is 2.48. The monoisotopic (exact) mass is 202 g/mol. The Bertz CT molecular complexity index is 434. The van der Waals surface area contributed by atoms with E-state index in [2.05, 4.69) is 17.1 Å². The van der Waals surface area contributed by atoms with Crippen LogP contribution in [0.4, 0.5) is 0 Å². The molecule has 1 aromatic carbocycles. The first-order valence-electron chi connectivity index (χ1n) is 4.97. The highest BCUT2D eigenvalue weighted by Crippen LogP contribution is 2.09. The molecule has 0 unspecified atom stereocenters. The first kappa shape index (κ1) is 9.93. The van der Waals surface area contributed by atoms with Crippen LogP contribution in [0.25, 0.3) is 0 Å². The number of rotatable bonds is 3. The lowest BCUT2D eigenvalue weighted by atomic mass is 10.2. The molecule has 3 nitrogen and oxygen atoms in total. The van der Waals surface area contributed by atoms with Gasteiger partial charge in [-0.15, -0.1) is 0 Å². The van der Waals surface area contributed by atoms with Crippen molar-refractivity contribution in [2.75, 3.05) is 0 Å². The third-order valence-corrected chi connectivity index (χ3v) is 2.48. The summed E-state index contributed by atoms with van der Waals surface area (Å²) in [6, 6.07) is 10.2. The van der Waals surface area contributed by atoms with Crippen molar-refractivity contribution in [3.8, 4) is 0 Å². The normalized spacial score (nSPS) is 10.5. The van der Waals surface area contributed by atoms with Gasteiger partial charge in [0, 0.05) is 6.54 Å². The van der Waals surface area contributed by atoms with Gasteiger partial charge in [-0.3, -0.25) is 0 Å². The highest BCUT2D eigenvalue weighted by atomic mass is 16.3. The van der Waals surface area contributed by atoms with E-state index in [1.165, 1.54) is 5.56 Å². The molecule has 0 spiro atoms. The molecular formula is C12H14N2O. The van der Waals surface area contributed by atoms with Crippen LogP contribution in [0.1, 0.15) is 17.1 Å². The molecular weight excluding hydrogens is 188 g/mol. The van der Waals surface area contributed by atoms with E-state index >= 15 is 0 Å². The van der Waals surface area contributed by atoms with Crippen LogP contribution in [-0.4, -0.2) is 14.7 Å². The van der Waals surface area contributed by atoms with Crippen molar-refractivity contribution in [3.05, 3.63) is 53.6 Å². The predicted molar refractivity (Wildman–Crippen MR) is 58.4 cm³/mol. The first-order chi connectivity index (χ1) is 7.31. The molecule has 0 radical (unpaired) electrons. The molecule has 0 saturated carbocycles. The van der Waals surface area contributed by atoms with Crippen molar-refractivity contribution in [2.24, 2.45) is 0 Å². The van der Waals surface area contributed by atoms with Crippen molar-refractivity contribution >= 4 is 0 Å². The van der Waals surface area contributed by atoms with Crippen molar-refractivity contribution in [1.82, 2.24) is 9.55 Å². The molecule has 0 amide bonds. The SMILES string of the molecule is Cc1ncc(CO)n1Cc1ccccc1. The van der Waals surface area contributed by atoms with E-state index in [9.17, 15) is 0 Å². The lowest BCUT2D eigenvalue weighted by Gasteiger charge is -2.08. The maximum Gasteiger partial charge on any atom is 0.106 e. The zero-order valence-corrected chi connectivity index (χ0v) is 8.72. The fraction of sp³-hybridized carbons (Fsp3) is 0.250. The first-order valence-corrected chi connectivity index (χ1v) is 4.97. The average molecular weight is 202 g/mol. The van der Waals surface area contributed by atoms with E-state index in [4.69, 9.17) is 5.11 Å². The van der Waals surface area contributed by atoms with Crippen LogP contribution in [0.3, 0.4) is 0 Å². The number of imidazole rings is 1. The summed E-state index contributed by atoms with van der Waals surface area (Å²) in [5.41, 5.74) is 2.07. The minimum atomic E-state index is 0.0354. The molecule has 1 heterocycles. The zero-order valence-electron chi connectivity index (χ0n) is 8.72. The zero-order chi connectivity index (χ0) is 10.7. The summed E-state index contributed by atoms with van der Waals surface area (Å²) < 4.78 is 2.02. The minimum absolute atomic E-state index is 0.0354. The Labute approximate surface area is 89.0 Å². The molecule has 1 N–H and O–H groups in total. The molecule has 0 saturated heterocycles. The van der Waals surface area contributed by atoms with Crippen LogP contribution < -0.4 is 0 Å². The number of aliphatic hydroxyl groups is 1. The van der Waals surface area contributed by atoms with Crippen molar-refractivity contribution < 1.29 is 5.11 Å². The summed E-state index contributed by atoms with van der Waals surface area (Å²) in [5.74, 6) is 0.933. The van der Waals surface area contributed by atoms with Gasteiger partial charge in [0.25, 0.3) is 0 Å². The second kappa shape index (κ2) is 4.28. The number of hydrogen-bond donors (Lipinski definition) is 1. The summed E-state index contributed by atoms with van der Waals surface area (Å²) in [5, 5.41) is 9.15. The number of aryl methyl sites for hydroxylation is 1. The van der Waals surface area contributed by atoms with Crippen LogP contribution in [0.2, 0.25) is 0 Å². The van der Waals surface area contributed by atoms with E-state index in [-0.39, 0.29) is 6.61 Å². The maximum atomic E-state index is 9.15. The lowest BCUT2D eigenvalue weighted by molar-refractivity contribution is 0.271. The van der Waals surface area contributed by atoms with Gasteiger partial charge in [0.15, 0.2) is 0 Å². The molecule has 2 aromatic rings. The molecule has 0 bridgehead atoms. The van der Waals surface area contributed by atoms with Gasteiger partial charge >= 0.3 is 0 Å². The Hall–Kier alpha value is -1.61. The molecule has 78 valence electrons. The maximum absolute atomic E-state index is 9.15. The van der Waals surface area contributed by atoms with Gasteiger partial charge in [-0.05, 0) is 12.5 Å².